The molecular weight excluding hydrogens is 334 g/mol. The van der Waals surface area contributed by atoms with E-state index in [0.29, 0.717) is 6.04 Å². The molecular formula is C12H15Br2NO. The van der Waals surface area contributed by atoms with Crippen LogP contribution in [0.25, 0.3) is 0 Å². The van der Waals surface area contributed by atoms with Crippen LogP contribution in [0.3, 0.4) is 0 Å². The average molecular weight is 349 g/mol. The van der Waals surface area contributed by atoms with Crippen LogP contribution < -0.4 is 5.32 Å². The highest BCUT2D eigenvalue weighted by Gasteiger charge is 2.14. The zero-order valence-corrected chi connectivity index (χ0v) is 12.2. The normalized spacial score (nSPS) is 21.5. The van der Waals surface area contributed by atoms with E-state index in [1.165, 1.54) is 6.42 Å². The highest BCUT2D eigenvalue weighted by atomic mass is 79.9. The standard InChI is InChI=1S/C12H15Br2NO/c13-10-4-1-5-11(14)12(10)15-9-3-2-7-16-8-6-9/h1,4-5,9,15H,2-3,6-8H2. The molecule has 1 atom stereocenters. The Kier molecular flexibility index (Phi) is 4.67. The predicted octanol–water partition coefficient (Wildman–Crippen LogP) is 4.19. The summed E-state index contributed by atoms with van der Waals surface area (Å²) in [6.07, 6.45) is 3.39. The van der Waals surface area contributed by atoms with E-state index in [4.69, 9.17) is 4.74 Å². The molecule has 0 spiro atoms. The highest BCUT2D eigenvalue weighted by molar-refractivity contribution is 9.11. The van der Waals surface area contributed by atoms with Gasteiger partial charge in [-0.1, -0.05) is 6.07 Å². The molecule has 0 radical (unpaired) electrons. The Balaban J connectivity index is 2.07. The van der Waals surface area contributed by atoms with Gasteiger partial charge < -0.3 is 10.1 Å². The molecule has 1 heterocycles. The fraction of sp³-hybridized carbons (Fsp3) is 0.500. The molecule has 1 aliphatic rings. The van der Waals surface area contributed by atoms with Gasteiger partial charge in [0.1, 0.15) is 0 Å². The third-order valence-electron chi connectivity index (χ3n) is 2.76. The van der Waals surface area contributed by atoms with E-state index in [9.17, 15) is 0 Å². The predicted molar refractivity (Wildman–Crippen MR) is 73.9 cm³/mol. The molecule has 1 saturated heterocycles. The first kappa shape index (κ1) is 12.4. The fourth-order valence-electron chi connectivity index (χ4n) is 1.89. The number of ether oxygens (including phenoxy) is 1. The quantitative estimate of drug-likeness (QED) is 0.865. The molecule has 1 unspecified atom stereocenters. The zero-order valence-electron chi connectivity index (χ0n) is 9.01. The molecule has 0 bridgehead atoms. The van der Waals surface area contributed by atoms with E-state index in [1.54, 1.807) is 0 Å². The van der Waals surface area contributed by atoms with Gasteiger partial charge in [0.2, 0.25) is 0 Å². The molecule has 88 valence electrons. The van der Waals surface area contributed by atoms with Crippen molar-refractivity contribution < 1.29 is 4.74 Å². The molecule has 4 heteroatoms. The molecule has 1 aliphatic heterocycles. The second-order valence-electron chi connectivity index (χ2n) is 3.98. The van der Waals surface area contributed by atoms with Crippen molar-refractivity contribution in [1.82, 2.24) is 0 Å². The van der Waals surface area contributed by atoms with Gasteiger partial charge in [-0.3, -0.25) is 0 Å². The Morgan fingerprint density at radius 1 is 1.12 bits per heavy atom. The van der Waals surface area contributed by atoms with Gasteiger partial charge in [-0.15, -0.1) is 0 Å². The molecule has 1 aromatic carbocycles. The second-order valence-corrected chi connectivity index (χ2v) is 5.69. The van der Waals surface area contributed by atoms with Gasteiger partial charge in [0.05, 0.1) is 5.69 Å². The maximum atomic E-state index is 5.46. The minimum Gasteiger partial charge on any atom is -0.381 e. The summed E-state index contributed by atoms with van der Waals surface area (Å²) < 4.78 is 7.67. The first-order valence-corrected chi connectivity index (χ1v) is 7.14. The van der Waals surface area contributed by atoms with Gasteiger partial charge in [0, 0.05) is 28.2 Å². The van der Waals surface area contributed by atoms with Crippen LogP contribution in [-0.4, -0.2) is 19.3 Å². The maximum Gasteiger partial charge on any atom is 0.0631 e. The molecule has 0 aliphatic carbocycles. The molecule has 1 aromatic rings. The maximum absolute atomic E-state index is 5.46. The average Bonchev–Trinajstić information content (AvgIpc) is 2.52. The number of benzene rings is 1. The van der Waals surface area contributed by atoms with Crippen molar-refractivity contribution in [3.05, 3.63) is 27.1 Å². The summed E-state index contributed by atoms with van der Waals surface area (Å²) in [6, 6.07) is 6.65. The van der Waals surface area contributed by atoms with Crippen LogP contribution in [0.1, 0.15) is 19.3 Å². The molecule has 2 rings (SSSR count). The van der Waals surface area contributed by atoms with E-state index in [-0.39, 0.29) is 0 Å². The van der Waals surface area contributed by atoms with Gasteiger partial charge in [-0.2, -0.15) is 0 Å². The van der Waals surface area contributed by atoms with Crippen molar-refractivity contribution in [2.24, 2.45) is 0 Å². The summed E-state index contributed by atoms with van der Waals surface area (Å²) >= 11 is 7.14. The Labute approximate surface area is 113 Å². The van der Waals surface area contributed by atoms with Crippen LogP contribution in [0.4, 0.5) is 5.69 Å². The first-order chi connectivity index (χ1) is 7.77. The number of anilines is 1. The summed E-state index contributed by atoms with van der Waals surface area (Å²) in [5.74, 6) is 0. The molecule has 2 nitrogen and oxygen atoms in total. The molecule has 1 fully saturated rings. The number of rotatable bonds is 2. The van der Waals surface area contributed by atoms with Crippen LogP contribution in [0.5, 0.6) is 0 Å². The zero-order chi connectivity index (χ0) is 11.4. The van der Waals surface area contributed by atoms with Crippen LogP contribution >= 0.6 is 31.9 Å². The van der Waals surface area contributed by atoms with E-state index >= 15 is 0 Å². The number of hydrogen-bond acceptors (Lipinski definition) is 2. The highest BCUT2D eigenvalue weighted by Crippen LogP contribution is 2.32. The molecule has 0 amide bonds. The lowest BCUT2D eigenvalue weighted by molar-refractivity contribution is 0.144. The van der Waals surface area contributed by atoms with Crippen molar-refractivity contribution in [1.29, 1.82) is 0 Å². The Morgan fingerprint density at radius 2 is 1.88 bits per heavy atom. The Morgan fingerprint density at radius 3 is 2.62 bits per heavy atom. The Bertz CT molecular complexity index is 329. The molecule has 0 aromatic heterocycles. The number of para-hydroxylation sites is 1. The van der Waals surface area contributed by atoms with E-state index < -0.39 is 0 Å². The lowest BCUT2D eigenvalue weighted by Crippen LogP contribution is -2.20. The minimum absolute atomic E-state index is 0.512. The van der Waals surface area contributed by atoms with Crippen molar-refractivity contribution in [3.63, 3.8) is 0 Å². The van der Waals surface area contributed by atoms with Crippen molar-refractivity contribution in [2.75, 3.05) is 18.5 Å². The summed E-state index contributed by atoms with van der Waals surface area (Å²) in [7, 11) is 0. The van der Waals surface area contributed by atoms with Gasteiger partial charge in [0.25, 0.3) is 0 Å². The monoisotopic (exact) mass is 347 g/mol. The molecule has 0 saturated carbocycles. The minimum atomic E-state index is 0.512. The number of nitrogens with one attached hydrogen (secondary N) is 1. The second kappa shape index (κ2) is 6.03. The largest absolute Gasteiger partial charge is 0.381 e. The molecule has 16 heavy (non-hydrogen) atoms. The lowest BCUT2D eigenvalue weighted by atomic mass is 10.1. The Hall–Kier alpha value is -0.0600. The van der Waals surface area contributed by atoms with Crippen LogP contribution in [0, 0.1) is 0 Å². The van der Waals surface area contributed by atoms with Gasteiger partial charge in [-0.05, 0) is 63.3 Å². The molecule has 1 N–H and O–H groups in total. The summed E-state index contributed by atoms with van der Waals surface area (Å²) in [5, 5.41) is 3.58. The van der Waals surface area contributed by atoms with Crippen molar-refractivity contribution in [2.45, 2.75) is 25.3 Å². The van der Waals surface area contributed by atoms with Gasteiger partial charge in [-0.25, -0.2) is 0 Å². The smallest absolute Gasteiger partial charge is 0.0631 e. The van der Waals surface area contributed by atoms with Gasteiger partial charge >= 0.3 is 0 Å². The van der Waals surface area contributed by atoms with E-state index in [1.807, 2.05) is 6.07 Å². The first-order valence-electron chi connectivity index (χ1n) is 5.55. The topological polar surface area (TPSA) is 21.3 Å². The van der Waals surface area contributed by atoms with Crippen molar-refractivity contribution >= 4 is 37.5 Å². The third-order valence-corrected chi connectivity index (χ3v) is 4.08. The van der Waals surface area contributed by atoms with Crippen LogP contribution in [0.15, 0.2) is 27.1 Å². The van der Waals surface area contributed by atoms with Gasteiger partial charge in [0.15, 0.2) is 0 Å². The number of halogens is 2. The SMILES string of the molecule is Brc1cccc(Br)c1NC1CCCOCC1. The van der Waals surface area contributed by atoms with E-state index in [0.717, 1.165) is 40.7 Å². The lowest BCUT2D eigenvalue weighted by Gasteiger charge is -2.19. The summed E-state index contributed by atoms with van der Waals surface area (Å²) in [6.45, 7) is 1.76. The van der Waals surface area contributed by atoms with Crippen molar-refractivity contribution in [3.8, 4) is 0 Å². The fourth-order valence-corrected chi connectivity index (χ4v) is 3.12. The summed E-state index contributed by atoms with van der Waals surface area (Å²) in [5.41, 5.74) is 1.15. The van der Waals surface area contributed by atoms with E-state index in [2.05, 4.69) is 49.3 Å². The van der Waals surface area contributed by atoms with Crippen LogP contribution in [0.2, 0.25) is 0 Å². The summed E-state index contributed by atoms with van der Waals surface area (Å²) in [4.78, 5) is 0. The van der Waals surface area contributed by atoms with Crippen LogP contribution in [-0.2, 0) is 4.74 Å². The third kappa shape index (κ3) is 3.22. The number of hydrogen-bond donors (Lipinski definition) is 1.